The molecular formula is C7H5I2NO2. The van der Waals surface area contributed by atoms with Crippen LogP contribution in [-0.4, -0.2) is 16.5 Å². The maximum Gasteiger partial charge on any atom is 0.137 e. The summed E-state index contributed by atoms with van der Waals surface area (Å²) in [5.41, 5.74) is 0.522. The van der Waals surface area contributed by atoms with Gasteiger partial charge in [0.2, 0.25) is 0 Å². The smallest absolute Gasteiger partial charge is 0.137 e. The fourth-order valence-electron chi connectivity index (χ4n) is 0.746. The number of oxime groups is 1. The average molecular weight is 389 g/mol. The zero-order valence-electron chi connectivity index (χ0n) is 5.83. The van der Waals surface area contributed by atoms with Crippen LogP contribution in [0.15, 0.2) is 17.3 Å². The molecule has 0 aliphatic rings. The lowest BCUT2D eigenvalue weighted by atomic mass is 10.2. The lowest BCUT2D eigenvalue weighted by Crippen LogP contribution is -1.87. The van der Waals surface area contributed by atoms with Crippen LogP contribution in [0.2, 0.25) is 0 Å². The highest BCUT2D eigenvalue weighted by Crippen LogP contribution is 2.25. The number of halogens is 2. The number of phenols is 1. The van der Waals surface area contributed by atoms with E-state index in [9.17, 15) is 5.11 Å². The number of aromatic hydroxyl groups is 1. The van der Waals surface area contributed by atoms with Crippen molar-refractivity contribution in [3.8, 4) is 5.75 Å². The van der Waals surface area contributed by atoms with Gasteiger partial charge < -0.3 is 10.3 Å². The van der Waals surface area contributed by atoms with Crippen LogP contribution in [-0.2, 0) is 0 Å². The van der Waals surface area contributed by atoms with Gasteiger partial charge in [-0.3, -0.25) is 0 Å². The van der Waals surface area contributed by atoms with Gasteiger partial charge in [-0.15, -0.1) is 0 Å². The summed E-state index contributed by atoms with van der Waals surface area (Å²) in [6.45, 7) is 0. The predicted octanol–water partition coefficient (Wildman–Crippen LogP) is 2.41. The lowest BCUT2D eigenvalue weighted by Gasteiger charge is -2.01. The van der Waals surface area contributed by atoms with E-state index in [0.29, 0.717) is 5.56 Å². The van der Waals surface area contributed by atoms with Crippen molar-refractivity contribution in [3.63, 3.8) is 0 Å². The van der Waals surface area contributed by atoms with Gasteiger partial charge in [-0.1, -0.05) is 5.16 Å². The van der Waals surface area contributed by atoms with Crippen molar-refractivity contribution in [1.29, 1.82) is 0 Å². The Balaban J connectivity index is 3.27. The molecule has 1 aromatic carbocycles. The van der Waals surface area contributed by atoms with Crippen molar-refractivity contribution >= 4 is 51.4 Å². The van der Waals surface area contributed by atoms with Gasteiger partial charge in [0.05, 0.1) is 9.78 Å². The third-order valence-corrected chi connectivity index (χ3v) is 2.70. The van der Waals surface area contributed by atoms with E-state index in [1.807, 2.05) is 28.7 Å². The van der Waals surface area contributed by atoms with Gasteiger partial charge in [-0.25, -0.2) is 0 Å². The fraction of sp³-hybridized carbons (Fsp3) is 0. The van der Waals surface area contributed by atoms with E-state index in [1.165, 1.54) is 6.21 Å². The molecule has 0 bridgehead atoms. The molecule has 2 N–H and O–H groups in total. The SMILES string of the molecule is O/N=C\c1cc(I)cc(I)c1O. The largest absolute Gasteiger partial charge is 0.506 e. The van der Waals surface area contributed by atoms with Gasteiger partial charge in [0, 0.05) is 9.13 Å². The Labute approximate surface area is 96.8 Å². The third kappa shape index (κ3) is 2.22. The molecule has 0 radical (unpaired) electrons. The summed E-state index contributed by atoms with van der Waals surface area (Å²) >= 11 is 4.15. The van der Waals surface area contributed by atoms with Crippen LogP contribution in [0.5, 0.6) is 5.75 Å². The minimum absolute atomic E-state index is 0.147. The van der Waals surface area contributed by atoms with Gasteiger partial charge in [-0.2, -0.15) is 0 Å². The number of hydrogen-bond acceptors (Lipinski definition) is 3. The molecule has 0 amide bonds. The number of phenolic OH excluding ortho intramolecular Hbond substituents is 1. The Morgan fingerprint density at radius 3 is 2.58 bits per heavy atom. The predicted molar refractivity (Wildman–Crippen MR) is 62.9 cm³/mol. The molecular weight excluding hydrogens is 384 g/mol. The van der Waals surface area contributed by atoms with Gasteiger partial charge in [0.15, 0.2) is 0 Å². The van der Waals surface area contributed by atoms with E-state index in [0.717, 1.165) is 7.14 Å². The molecule has 0 spiro atoms. The summed E-state index contributed by atoms with van der Waals surface area (Å²) in [5, 5.41) is 20.6. The van der Waals surface area contributed by atoms with E-state index in [4.69, 9.17) is 5.21 Å². The first-order valence-corrected chi connectivity index (χ1v) is 5.16. The summed E-state index contributed by atoms with van der Waals surface area (Å²) in [7, 11) is 0. The second-order valence-electron chi connectivity index (χ2n) is 2.07. The highest BCUT2D eigenvalue weighted by Gasteiger charge is 2.04. The molecule has 64 valence electrons. The second-order valence-corrected chi connectivity index (χ2v) is 4.48. The highest BCUT2D eigenvalue weighted by molar-refractivity contribution is 14.1. The Bertz CT molecular complexity index is 325. The first-order chi connectivity index (χ1) is 5.65. The monoisotopic (exact) mass is 389 g/mol. The minimum atomic E-state index is 0.147. The Morgan fingerprint density at radius 2 is 2.00 bits per heavy atom. The molecule has 12 heavy (non-hydrogen) atoms. The zero-order valence-corrected chi connectivity index (χ0v) is 10.1. The molecule has 0 saturated heterocycles. The van der Waals surface area contributed by atoms with E-state index < -0.39 is 0 Å². The fourth-order valence-corrected chi connectivity index (χ4v) is 2.64. The van der Waals surface area contributed by atoms with E-state index in [-0.39, 0.29) is 5.75 Å². The van der Waals surface area contributed by atoms with Crippen molar-refractivity contribution in [1.82, 2.24) is 0 Å². The van der Waals surface area contributed by atoms with Crippen LogP contribution in [0.1, 0.15) is 5.56 Å². The molecule has 3 nitrogen and oxygen atoms in total. The summed E-state index contributed by atoms with van der Waals surface area (Å²) in [4.78, 5) is 0. The Morgan fingerprint density at radius 1 is 1.33 bits per heavy atom. The van der Waals surface area contributed by atoms with Crippen LogP contribution >= 0.6 is 45.2 Å². The molecule has 0 heterocycles. The third-order valence-electron chi connectivity index (χ3n) is 1.25. The van der Waals surface area contributed by atoms with Crippen molar-refractivity contribution in [3.05, 3.63) is 24.8 Å². The van der Waals surface area contributed by atoms with Crippen molar-refractivity contribution in [2.75, 3.05) is 0 Å². The Kier molecular flexibility index (Phi) is 3.56. The Hall–Kier alpha value is -0.0500. The summed E-state index contributed by atoms with van der Waals surface area (Å²) in [6.07, 6.45) is 1.21. The molecule has 1 rings (SSSR count). The van der Waals surface area contributed by atoms with Crippen LogP contribution in [0, 0.1) is 7.14 Å². The van der Waals surface area contributed by atoms with Gasteiger partial charge >= 0.3 is 0 Å². The summed E-state index contributed by atoms with van der Waals surface area (Å²) < 4.78 is 1.74. The van der Waals surface area contributed by atoms with Crippen molar-refractivity contribution in [2.24, 2.45) is 5.16 Å². The first kappa shape index (κ1) is 10.0. The average Bonchev–Trinajstić information content (AvgIpc) is 2.00. The molecule has 0 unspecified atom stereocenters. The van der Waals surface area contributed by atoms with E-state index in [1.54, 1.807) is 6.07 Å². The van der Waals surface area contributed by atoms with Crippen LogP contribution < -0.4 is 0 Å². The van der Waals surface area contributed by atoms with E-state index in [2.05, 4.69) is 27.7 Å². The number of hydrogen-bond donors (Lipinski definition) is 2. The maximum atomic E-state index is 9.44. The molecule has 0 aliphatic carbocycles. The lowest BCUT2D eigenvalue weighted by molar-refractivity contribution is 0.321. The summed E-state index contributed by atoms with van der Waals surface area (Å²) in [6, 6.07) is 3.57. The zero-order chi connectivity index (χ0) is 9.14. The molecule has 0 aromatic heterocycles. The highest BCUT2D eigenvalue weighted by atomic mass is 127. The minimum Gasteiger partial charge on any atom is -0.506 e. The number of rotatable bonds is 1. The molecule has 0 aliphatic heterocycles. The van der Waals surface area contributed by atoms with Crippen molar-refractivity contribution < 1.29 is 10.3 Å². The normalized spacial score (nSPS) is 10.8. The topological polar surface area (TPSA) is 52.8 Å². The second kappa shape index (κ2) is 4.26. The van der Waals surface area contributed by atoms with Crippen molar-refractivity contribution in [2.45, 2.75) is 0 Å². The van der Waals surface area contributed by atoms with Gasteiger partial charge in [0.25, 0.3) is 0 Å². The maximum absolute atomic E-state index is 9.44. The van der Waals surface area contributed by atoms with Crippen LogP contribution in [0.4, 0.5) is 0 Å². The number of benzene rings is 1. The van der Waals surface area contributed by atoms with Gasteiger partial charge in [-0.05, 0) is 57.3 Å². The molecule has 0 saturated carbocycles. The standard InChI is InChI=1S/C7H5I2NO2/c8-5-1-4(3-10-12)7(11)6(9)2-5/h1-3,11-12H/b10-3-. The molecule has 0 fully saturated rings. The molecule has 1 aromatic rings. The first-order valence-electron chi connectivity index (χ1n) is 3.00. The number of nitrogens with zero attached hydrogens (tertiary/aromatic N) is 1. The van der Waals surface area contributed by atoms with E-state index >= 15 is 0 Å². The summed E-state index contributed by atoms with van der Waals surface area (Å²) in [5.74, 6) is 0.147. The van der Waals surface area contributed by atoms with Crippen LogP contribution in [0.25, 0.3) is 0 Å². The van der Waals surface area contributed by atoms with Gasteiger partial charge in [0.1, 0.15) is 5.75 Å². The molecule has 0 atom stereocenters. The van der Waals surface area contributed by atoms with Crippen LogP contribution in [0.3, 0.4) is 0 Å². The molecule has 5 heteroatoms. The quantitative estimate of drug-likeness (QED) is 0.336.